The highest BCUT2D eigenvalue weighted by Gasteiger charge is 2.40. The van der Waals surface area contributed by atoms with E-state index in [1.807, 2.05) is 6.92 Å². The minimum Gasteiger partial charge on any atom is -0.478 e. The summed E-state index contributed by atoms with van der Waals surface area (Å²) in [6.07, 6.45) is 2.76. The van der Waals surface area contributed by atoms with E-state index in [1.54, 1.807) is 23.1 Å². The van der Waals surface area contributed by atoms with Crippen molar-refractivity contribution in [2.45, 2.75) is 31.7 Å². The first-order valence-corrected chi connectivity index (χ1v) is 6.44. The minimum atomic E-state index is -0.934. The van der Waals surface area contributed by atoms with Crippen LogP contribution in [-0.2, 0) is 6.42 Å². The Morgan fingerprint density at radius 1 is 1.37 bits per heavy atom. The lowest BCUT2D eigenvalue weighted by Crippen LogP contribution is -2.44. The van der Waals surface area contributed by atoms with Gasteiger partial charge in [0, 0.05) is 17.8 Å². The number of carboxylic acids is 1. The number of benzene rings is 1. The van der Waals surface area contributed by atoms with Gasteiger partial charge in [-0.05, 0) is 49.9 Å². The highest BCUT2D eigenvalue weighted by molar-refractivity contribution is 5.96. The second-order valence-corrected chi connectivity index (χ2v) is 5.54. The lowest BCUT2D eigenvalue weighted by atomic mass is 10.1. The molecule has 0 unspecified atom stereocenters. The lowest BCUT2D eigenvalue weighted by Gasteiger charge is -2.21. The number of nitrogens with zero attached hydrogens (tertiary/aromatic N) is 1. The van der Waals surface area contributed by atoms with Gasteiger partial charge in [0.2, 0.25) is 0 Å². The third-order valence-corrected chi connectivity index (χ3v) is 3.88. The summed E-state index contributed by atoms with van der Waals surface area (Å²) in [5.41, 5.74) is 1.99. The van der Waals surface area contributed by atoms with Gasteiger partial charge >= 0.3 is 12.0 Å². The van der Waals surface area contributed by atoms with Crippen molar-refractivity contribution >= 4 is 17.7 Å². The van der Waals surface area contributed by atoms with Gasteiger partial charge in [0.25, 0.3) is 0 Å². The molecule has 1 aromatic rings. The van der Waals surface area contributed by atoms with Gasteiger partial charge in [0.15, 0.2) is 0 Å². The number of hydrogen-bond donors (Lipinski definition) is 2. The fraction of sp³-hybridized carbons (Fsp3) is 0.429. The SMILES string of the molecule is CC1(NC(=O)N2CCc3cc(C(=O)O)ccc32)CC1. The molecule has 2 N–H and O–H groups in total. The Morgan fingerprint density at radius 3 is 2.74 bits per heavy atom. The van der Waals surface area contributed by atoms with Gasteiger partial charge in [-0.3, -0.25) is 4.90 Å². The number of hydrogen-bond acceptors (Lipinski definition) is 2. The zero-order valence-corrected chi connectivity index (χ0v) is 10.8. The Balaban J connectivity index is 1.81. The predicted molar refractivity (Wildman–Crippen MR) is 70.6 cm³/mol. The topological polar surface area (TPSA) is 69.6 Å². The molecule has 1 heterocycles. The van der Waals surface area contributed by atoms with Crippen molar-refractivity contribution in [3.63, 3.8) is 0 Å². The summed E-state index contributed by atoms with van der Waals surface area (Å²) < 4.78 is 0. The van der Waals surface area contributed by atoms with E-state index in [0.29, 0.717) is 13.0 Å². The Morgan fingerprint density at radius 2 is 2.11 bits per heavy atom. The van der Waals surface area contributed by atoms with Crippen molar-refractivity contribution in [3.05, 3.63) is 29.3 Å². The number of aromatic carboxylic acids is 1. The molecule has 5 nitrogen and oxygen atoms in total. The highest BCUT2D eigenvalue weighted by Crippen LogP contribution is 2.35. The smallest absolute Gasteiger partial charge is 0.335 e. The van der Waals surface area contributed by atoms with E-state index in [2.05, 4.69) is 5.32 Å². The van der Waals surface area contributed by atoms with Crippen LogP contribution in [0.1, 0.15) is 35.7 Å². The Kier molecular flexibility index (Phi) is 2.52. The molecular weight excluding hydrogens is 244 g/mol. The van der Waals surface area contributed by atoms with Gasteiger partial charge in [-0.2, -0.15) is 0 Å². The normalized spacial score (nSPS) is 18.9. The average Bonchev–Trinajstić information content (AvgIpc) is 2.92. The van der Waals surface area contributed by atoms with Crippen LogP contribution in [0.5, 0.6) is 0 Å². The molecule has 0 spiro atoms. The third-order valence-electron chi connectivity index (χ3n) is 3.88. The van der Waals surface area contributed by atoms with Crippen LogP contribution in [0.25, 0.3) is 0 Å². The number of urea groups is 1. The number of anilines is 1. The van der Waals surface area contributed by atoms with Gasteiger partial charge in [0.1, 0.15) is 0 Å². The fourth-order valence-electron chi connectivity index (χ4n) is 2.38. The second-order valence-electron chi connectivity index (χ2n) is 5.54. The van der Waals surface area contributed by atoms with Crippen LogP contribution in [0.3, 0.4) is 0 Å². The minimum absolute atomic E-state index is 0.0408. The van der Waals surface area contributed by atoms with E-state index in [9.17, 15) is 9.59 Å². The number of carbonyl (C=O) groups is 2. The first kappa shape index (κ1) is 12.0. The van der Waals surface area contributed by atoms with Crippen LogP contribution in [0, 0.1) is 0 Å². The van der Waals surface area contributed by atoms with Crippen LogP contribution >= 0.6 is 0 Å². The quantitative estimate of drug-likeness (QED) is 0.854. The molecular formula is C14H16N2O3. The fourth-order valence-corrected chi connectivity index (χ4v) is 2.38. The van der Waals surface area contributed by atoms with Gasteiger partial charge < -0.3 is 10.4 Å². The van der Waals surface area contributed by atoms with E-state index in [4.69, 9.17) is 5.11 Å². The maximum absolute atomic E-state index is 12.2. The summed E-state index contributed by atoms with van der Waals surface area (Å²) in [6.45, 7) is 2.65. The van der Waals surface area contributed by atoms with Crippen LogP contribution < -0.4 is 10.2 Å². The molecule has 1 saturated carbocycles. The molecule has 100 valence electrons. The molecule has 2 amide bonds. The third kappa shape index (κ3) is 2.16. The first-order valence-electron chi connectivity index (χ1n) is 6.44. The molecule has 1 aromatic carbocycles. The van der Waals surface area contributed by atoms with Gasteiger partial charge in [-0.25, -0.2) is 9.59 Å². The van der Waals surface area contributed by atoms with Crippen molar-refractivity contribution in [2.75, 3.05) is 11.4 Å². The number of carboxylic acid groups (broad SMARTS) is 1. The number of nitrogens with one attached hydrogen (secondary N) is 1. The molecule has 0 atom stereocenters. The monoisotopic (exact) mass is 260 g/mol. The zero-order chi connectivity index (χ0) is 13.6. The van der Waals surface area contributed by atoms with Crippen LogP contribution in [0.15, 0.2) is 18.2 Å². The van der Waals surface area contributed by atoms with Crippen molar-refractivity contribution in [3.8, 4) is 0 Å². The summed E-state index contributed by atoms with van der Waals surface area (Å²) in [7, 11) is 0. The zero-order valence-electron chi connectivity index (χ0n) is 10.8. The van der Waals surface area contributed by atoms with Crippen molar-refractivity contribution in [1.82, 2.24) is 5.32 Å². The molecule has 1 aliphatic carbocycles. The van der Waals surface area contributed by atoms with Crippen LogP contribution in [-0.4, -0.2) is 29.2 Å². The molecule has 1 aliphatic heterocycles. The van der Waals surface area contributed by atoms with Crippen LogP contribution in [0.4, 0.5) is 10.5 Å². The van der Waals surface area contributed by atoms with E-state index in [0.717, 1.165) is 24.1 Å². The molecule has 0 bridgehead atoms. The summed E-state index contributed by atoms with van der Waals surface area (Å²) in [4.78, 5) is 24.8. The van der Waals surface area contributed by atoms with E-state index in [1.165, 1.54) is 0 Å². The first-order chi connectivity index (χ1) is 8.98. The molecule has 19 heavy (non-hydrogen) atoms. The van der Waals surface area contributed by atoms with Crippen molar-refractivity contribution in [2.24, 2.45) is 0 Å². The van der Waals surface area contributed by atoms with Gasteiger partial charge in [-0.15, -0.1) is 0 Å². The van der Waals surface area contributed by atoms with E-state index < -0.39 is 5.97 Å². The van der Waals surface area contributed by atoms with Gasteiger partial charge in [0.05, 0.1) is 5.56 Å². The lowest BCUT2D eigenvalue weighted by molar-refractivity contribution is 0.0697. The molecule has 2 aliphatic rings. The molecule has 0 aromatic heterocycles. The molecule has 5 heteroatoms. The molecule has 0 radical (unpaired) electrons. The molecule has 0 saturated heterocycles. The summed E-state index contributed by atoms with van der Waals surface area (Å²) in [6, 6.07) is 4.84. The second kappa shape index (κ2) is 3.98. The van der Waals surface area contributed by atoms with E-state index >= 15 is 0 Å². The summed E-state index contributed by atoms with van der Waals surface area (Å²) >= 11 is 0. The van der Waals surface area contributed by atoms with Crippen molar-refractivity contribution < 1.29 is 14.7 Å². The summed E-state index contributed by atoms with van der Waals surface area (Å²) in [5.74, 6) is -0.934. The predicted octanol–water partition coefficient (Wildman–Crippen LogP) is 2.01. The van der Waals surface area contributed by atoms with Gasteiger partial charge in [-0.1, -0.05) is 0 Å². The summed E-state index contributed by atoms with van der Waals surface area (Å²) in [5, 5.41) is 12.0. The Bertz CT molecular complexity index is 564. The number of fused-ring (bicyclic) bond motifs is 1. The molecule has 1 fully saturated rings. The largest absolute Gasteiger partial charge is 0.478 e. The maximum atomic E-state index is 12.2. The van der Waals surface area contributed by atoms with E-state index in [-0.39, 0.29) is 17.1 Å². The highest BCUT2D eigenvalue weighted by atomic mass is 16.4. The number of carbonyl (C=O) groups excluding carboxylic acids is 1. The average molecular weight is 260 g/mol. The van der Waals surface area contributed by atoms with Crippen LogP contribution in [0.2, 0.25) is 0 Å². The maximum Gasteiger partial charge on any atom is 0.335 e. The Hall–Kier alpha value is -2.04. The number of rotatable bonds is 2. The number of amides is 2. The van der Waals surface area contributed by atoms with Crippen molar-refractivity contribution in [1.29, 1.82) is 0 Å². The Labute approximate surface area is 111 Å². The molecule has 3 rings (SSSR count). The standard InChI is InChI=1S/C14H16N2O3/c1-14(5-6-14)15-13(19)16-7-4-9-8-10(12(17)18)2-3-11(9)16/h2-3,8H,4-7H2,1H3,(H,15,19)(H,17,18).